The van der Waals surface area contributed by atoms with Crippen LogP contribution < -0.4 is 5.73 Å². The van der Waals surface area contributed by atoms with Gasteiger partial charge in [0.15, 0.2) is 10.2 Å². The fourth-order valence-electron chi connectivity index (χ4n) is 1.61. The van der Waals surface area contributed by atoms with Crippen LogP contribution in [0.3, 0.4) is 0 Å². The molecule has 0 amide bonds. The van der Waals surface area contributed by atoms with E-state index in [2.05, 4.69) is 20.3 Å². The van der Waals surface area contributed by atoms with E-state index < -0.39 is 0 Å². The lowest BCUT2D eigenvalue weighted by molar-refractivity contribution is 0.425. The molecule has 102 valence electrons. The van der Waals surface area contributed by atoms with Crippen molar-refractivity contribution >= 4 is 28.2 Å². The number of nitrogens with zero attached hydrogens (tertiary/aromatic N) is 4. The summed E-state index contributed by atoms with van der Waals surface area (Å²) in [6.07, 6.45) is 0. The number of rotatable bonds is 4. The topological polar surface area (TPSA) is 90.7 Å². The van der Waals surface area contributed by atoms with Crippen LogP contribution in [0.5, 0.6) is 0 Å². The second-order valence-electron chi connectivity index (χ2n) is 4.08. The van der Waals surface area contributed by atoms with Crippen LogP contribution in [0.2, 0.25) is 0 Å². The van der Waals surface area contributed by atoms with Gasteiger partial charge in [0.05, 0.1) is 5.75 Å². The van der Waals surface area contributed by atoms with E-state index in [0.717, 1.165) is 15.5 Å². The van der Waals surface area contributed by atoms with Crippen LogP contribution in [0.25, 0.3) is 11.5 Å². The standard InChI is InChI=1S/C12H11N5OS2/c1-7-3-2-4-8(5-7)10-14-9(17-18-10)6-19-12-16-15-11(13)20-12/h2-5H,6H2,1H3,(H2,13,15). The minimum atomic E-state index is 0.459. The number of benzene rings is 1. The molecule has 0 bridgehead atoms. The summed E-state index contributed by atoms with van der Waals surface area (Å²) in [4.78, 5) is 4.37. The fourth-order valence-corrected chi connectivity index (χ4v) is 3.09. The second kappa shape index (κ2) is 5.59. The summed E-state index contributed by atoms with van der Waals surface area (Å²) in [6, 6.07) is 7.95. The Morgan fingerprint density at radius 1 is 1.35 bits per heavy atom. The van der Waals surface area contributed by atoms with Gasteiger partial charge in [0.2, 0.25) is 5.13 Å². The maximum atomic E-state index is 5.52. The zero-order valence-corrected chi connectivity index (χ0v) is 12.2. The summed E-state index contributed by atoms with van der Waals surface area (Å²) in [6.45, 7) is 2.02. The van der Waals surface area contributed by atoms with Gasteiger partial charge in [-0.15, -0.1) is 10.2 Å². The van der Waals surface area contributed by atoms with Gasteiger partial charge >= 0.3 is 0 Å². The summed E-state index contributed by atoms with van der Waals surface area (Å²) in [5.74, 6) is 1.73. The Morgan fingerprint density at radius 3 is 3.00 bits per heavy atom. The Hall–Kier alpha value is -1.93. The first-order valence-corrected chi connectivity index (χ1v) is 7.62. The van der Waals surface area contributed by atoms with E-state index in [0.29, 0.717) is 22.6 Å². The van der Waals surface area contributed by atoms with Crippen molar-refractivity contribution in [2.45, 2.75) is 17.0 Å². The van der Waals surface area contributed by atoms with Gasteiger partial charge in [-0.1, -0.05) is 46.0 Å². The summed E-state index contributed by atoms with van der Waals surface area (Å²) in [7, 11) is 0. The largest absolute Gasteiger partial charge is 0.374 e. The number of thioether (sulfide) groups is 1. The van der Waals surface area contributed by atoms with E-state index in [1.807, 2.05) is 31.2 Å². The Labute approximate surface area is 123 Å². The van der Waals surface area contributed by atoms with Gasteiger partial charge in [-0.25, -0.2) is 0 Å². The van der Waals surface area contributed by atoms with E-state index in [1.54, 1.807) is 0 Å². The van der Waals surface area contributed by atoms with Gasteiger partial charge < -0.3 is 10.3 Å². The number of nitrogens with two attached hydrogens (primary N) is 1. The molecule has 0 aliphatic heterocycles. The van der Waals surface area contributed by atoms with Crippen LogP contribution in [0.4, 0.5) is 5.13 Å². The van der Waals surface area contributed by atoms with Crippen molar-refractivity contribution < 1.29 is 4.52 Å². The Balaban J connectivity index is 1.70. The molecule has 6 nitrogen and oxygen atoms in total. The first-order chi connectivity index (χ1) is 9.70. The molecule has 0 saturated heterocycles. The molecule has 1 aromatic carbocycles. The van der Waals surface area contributed by atoms with Crippen molar-refractivity contribution in [2.24, 2.45) is 0 Å². The van der Waals surface area contributed by atoms with Crippen LogP contribution in [-0.4, -0.2) is 20.3 Å². The number of aromatic nitrogens is 4. The molecular formula is C12H11N5OS2. The van der Waals surface area contributed by atoms with Crippen molar-refractivity contribution in [3.8, 4) is 11.5 Å². The van der Waals surface area contributed by atoms with Crippen LogP contribution >= 0.6 is 23.1 Å². The molecule has 0 saturated carbocycles. The third-order valence-corrected chi connectivity index (χ3v) is 4.36. The Morgan fingerprint density at radius 2 is 2.25 bits per heavy atom. The fraction of sp³-hybridized carbons (Fsp3) is 0.167. The van der Waals surface area contributed by atoms with Gasteiger partial charge in [-0.3, -0.25) is 0 Å². The minimum Gasteiger partial charge on any atom is -0.374 e. The second-order valence-corrected chi connectivity index (χ2v) is 6.31. The quantitative estimate of drug-likeness (QED) is 0.741. The lowest BCUT2D eigenvalue weighted by Crippen LogP contribution is -1.84. The predicted octanol–water partition coefficient (Wildman–Crippen LogP) is 2.77. The van der Waals surface area contributed by atoms with Crippen LogP contribution in [0.15, 0.2) is 33.1 Å². The molecule has 3 aromatic rings. The maximum Gasteiger partial charge on any atom is 0.257 e. The number of hydrogen-bond acceptors (Lipinski definition) is 8. The molecular weight excluding hydrogens is 294 g/mol. The number of anilines is 1. The van der Waals surface area contributed by atoms with Crippen molar-refractivity contribution in [3.05, 3.63) is 35.7 Å². The smallest absolute Gasteiger partial charge is 0.257 e. The predicted molar refractivity (Wildman–Crippen MR) is 78.4 cm³/mol. The Kier molecular flexibility index (Phi) is 3.66. The molecule has 20 heavy (non-hydrogen) atoms. The van der Waals surface area contributed by atoms with Gasteiger partial charge in [-0.05, 0) is 19.1 Å². The van der Waals surface area contributed by atoms with Crippen molar-refractivity contribution in [1.82, 2.24) is 20.3 Å². The van der Waals surface area contributed by atoms with Crippen molar-refractivity contribution in [2.75, 3.05) is 5.73 Å². The monoisotopic (exact) mass is 305 g/mol. The van der Waals surface area contributed by atoms with Crippen LogP contribution in [0, 0.1) is 6.92 Å². The van der Waals surface area contributed by atoms with E-state index in [-0.39, 0.29) is 0 Å². The molecule has 2 aromatic heterocycles. The van der Waals surface area contributed by atoms with E-state index in [4.69, 9.17) is 10.3 Å². The number of nitrogen functional groups attached to an aromatic ring is 1. The average molecular weight is 305 g/mol. The van der Waals surface area contributed by atoms with Gasteiger partial charge in [0.25, 0.3) is 5.89 Å². The molecule has 0 aliphatic carbocycles. The van der Waals surface area contributed by atoms with E-state index >= 15 is 0 Å². The summed E-state index contributed by atoms with van der Waals surface area (Å²) < 4.78 is 6.06. The molecule has 8 heteroatoms. The Bertz CT molecular complexity index is 724. The lowest BCUT2D eigenvalue weighted by Gasteiger charge is -1.95. The van der Waals surface area contributed by atoms with Gasteiger partial charge in [-0.2, -0.15) is 4.98 Å². The highest BCUT2D eigenvalue weighted by atomic mass is 32.2. The zero-order chi connectivity index (χ0) is 13.9. The zero-order valence-electron chi connectivity index (χ0n) is 10.6. The van der Waals surface area contributed by atoms with Crippen molar-refractivity contribution in [3.63, 3.8) is 0 Å². The highest BCUT2D eigenvalue weighted by molar-refractivity contribution is 8.00. The molecule has 2 heterocycles. The van der Waals surface area contributed by atoms with Crippen molar-refractivity contribution in [1.29, 1.82) is 0 Å². The van der Waals surface area contributed by atoms with Crippen LogP contribution in [-0.2, 0) is 5.75 Å². The molecule has 0 radical (unpaired) electrons. The third-order valence-electron chi connectivity index (χ3n) is 2.48. The highest BCUT2D eigenvalue weighted by Crippen LogP contribution is 2.27. The lowest BCUT2D eigenvalue weighted by atomic mass is 10.1. The van der Waals surface area contributed by atoms with Gasteiger partial charge in [0, 0.05) is 5.56 Å². The normalized spacial score (nSPS) is 10.8. The first-order valence-electron chi connectivity index (χ1n) is 5.82. The van der Waals surface area contributed by atoms with Gasteiger partial charge in [0.1, 0.15) is 0 Å². The summed E-state index contributed by atoms with van der Waals surface area (Å²) in [5.41, 5.74) is 7.60. The summed E-state index contributed by atoms with van der Waals surface area (Å²) >= 11 is 2.83. The molecule has 3 rings (SSSR count). The highest BCUT2D eigenvalue weighted by Gasteiger charge is 2.10. The first kappa shape index (κ1) is 13.1. The number of hydrogen-bond donors (Lipinski definition) is 1. The molecule has 0 atom stereocenters. The van der Waals surface area contributed by atoms with E-state index in [1.165, 1.54) is 23.1 Å². The average Bonchev–Trinajstić information content (AvgIpc) is 3.05. The minimum absolute atomic E-state index is 0.459. The maximum absolute atomic E-state index is 5.52. The molecule has 2 N–H and O–H groups in total. The summed E-state index contributed by atoms with van der Waals surface area (Å²) in [5, 5.41) is 12.1. The molecule has 0 aliphatic rings. The molecule has 0 spiro atoms. The van der Waals surface area contributed by atoms with Crippen LogP contribution in [0.1, 0.15) is 11.4 Å². The third kappa shape index (κ3) is 2.97. The molecule has 0 unspecified atom stereocenters. The van der Waals surface area contributed by atoms with E-state index in [9.17, 15) is 0 Å². The number of aryl methyl sites for hydroxylation is 1. The SMILES string of the molecule is Cc1cccc(-c2nc(CSc3nnc(N)s3)no2)c1. The molecule has 0 fully saturated rings.